The number of H-pyrrole nitrogens is 2. The maximum absolute atomic E-state index is 12.8. The number of nitrogens with one attached hydrogen (secondary N) is 3. The summed E-state index contributed by atoms with van der Waals surface area (Å²) < 4.78 is 82.5. The van der Waals surface area contributed by atoms with Crippen LogP contribution in [-0.4, -0.2) is 24.9 Å². The molecule has 0 atom stereocenters. The summed E-state index contributed by atoms with van der Waals surface area (Å²) in [5.74, 6) is 0.967. The van der Waals surface area contributed by atoms with Crippen LogP contribution in [0.25, 0.3) is 22.6 Å². The van der Waals surface area contributed by atoms with Gasteiger partial charge in [-0.15, -0.1) is 0 Å². The van der Waals surface area contributed by atoms with E-state index in [0.717, 1.165) is 12.1 Å². The molecule has 3 heterocycles. The molecule has 184 valence electrons. The average Bonchev–Trinajstić information content (AvgIpc) is 3.46. The molecule has 13 heteroatoms. The van der Waals surface area contributed by atoms with Crippen molar-refractivity contribution in [1.82, 2.24) is 24.9 Å². The normalized spacial score (nSPS) is 12.2. The first kappa shape index (κ1) is 23.2. The Bertz CT molecular complexity index is 1520. The SMILES string of the molecule is FC(F)(F)c1ccc(Nc2nc3ccc(Oc4ccnc(-c5ncc(C(F)(F)F)[nH]5)c4)cc3[nH]2)cc1. The zero-order valence-corrected chi connectivity index (χ0v) is 17.9. The van der Waals surface area contributed by atoms with Gasteiger partial charge >= 0.3 is 12.4 Å². The Morgan fingerprint density at radius 2 is 1.53 bits per heavy atom. The molecule has 0 fully saturated rings. The molecule has 0 bridgehead atoms. The molecule has 0 saturated carbocycles. The third-order valence-corrected chi connectivity index (χ3v) is 5.02. The summed E-state index contributed by atoms with van der Waals surface area (Å²) in [5.41, 5.74) is -0.0230. The summed E-state index contributed by atoms with van der Waals surface area (Å²) in [6.45, 7) is 0. The van der Waals surface area contributed by atoms with Crippen LogP contribution in [0.15, 0.2) is 67.0 Å². The Labute approximate surface area is 198 Å². The molecule has 0 saturated heterocycles. The van der Waals surface area contributed by atoms with Crippen LogP contribution in [-0.2, 0) is 12.4 Å². The van der Waals surface area contributed by atoms with Crippen LogP contribution in [0, 0.1) is 0 Å². The predicted octanol–water partition coefficient (Wildman–Crippen LogP) is 6.92. The van der Waals surface area contributed by atoms with Crippen LogP contribution in [0.4, 0.5) is 38.0 Å². The highest BCUT2D eigenvalue weighted by atomic mass is 19.4. The van der Waals surface area contributed by atoms with Gasteiger partial charge in [-0.05, 0) is 42.5 Å². The highest BCUT2D eigenvalue weighted by Crippen LogP contribution is 2.32. The number of rotatable bonds is 5. The first-order valence-electron chi connectivity index (χ1n) is 10.3. The Morgan fingerprint density at radius 1 is 0.778 bits per heavy atom. The van der Waals surface area contributed by atoms with Gasteiger partial charge in [0.2, 0.25) is 5.95 Å². The van der Waals surface area contributed by atoms with Gasteiger partial charge in [0.1, 0.15) is 22.9 Å². The van der Waals surface area contributed by atoms with E-state index in [9.17, 15) is 26.3 Å². The Morgan fingerprint density at radius 3 is 2.22 bits per heavy atom. The molecule has 0 unspecified atom stereocenters. The number of hydrogen-bond acceptors (Lipinski definition) is 5. The van der Waals surface area contributed by atoms with Crippen LogP contribution in [0.5, 0.6) is 11.5 Å². The van der Waals surface area contributed by atoms with Crippen molar-refractivity contribution in [2.75, 3.05) is 5.32 Å². The third kappa shape index (κ3) is 4.94. The highest BCUT2D eigenvalue weighted by Gasteiger charge is 2.33. The van der Waals surface area contributed by atoms with Crippen molar-refractivity contribution >= 4 is 22.7 Å². The van der Waals surface area contributed by atoms with Crippen molar-refractivity contribution in [2.24, 2.45) is 0 Å². The topological polar surface area (TPSA) is 91.5 Å². The Kier molecular flexibility index (Phi) is 5.54. The lowest BCUT2D eigenvalue weighted by Gasteiger charge is -2.07. The second-order valence-corrected chi connectivity index (χ2v) is 7.59. The zero-order chi connectivity index (χ0) is 25.5. The van der Waals surface area contributed by atoms with E-state index in [-0.39, 0.29) is 11.5 Å². The molecule has 5 rings (SSSR count). The van der Waals surface area contributed by atoms with E-state index in [1.54, 1.807) is 18.2 Å². The molecular weight excluding hydrogens is 490 g/mol. The second kappa shape index (κ2) is 8.59. The lowest BCUT2D eigenvalue weighted by atomic mass is 10.2. The first-order valence-corrected chi connectivity index (χ1v) is 10.3. The fraction of sp³-hybridized carbons (Fsp3) is 0.0870. The highest BCUT2D eigenvalue weighted by molar-refractivity contribution is 5.80. The van der Waals surface area contributed by atoms with Gasteiger partial charge in [0, 0.05) is 24.0 Å². The number of benzene rings is 2. The third-order valence-electron chi connectivity index (χ3n) is 5.02. The minimum atomic E-state index is -4.56. The van der Waals surface area contributed by atoms with Gasteiger partial charge in [-0.2, -0.15) is 26.3 Å². The fourth-order valence-electron chi connectivity index (χ4n) is 3.33. The molecule has 0 aliphatic carbocycles. The number of anilines is 2. The zero-order valence-electron chi connectivity index (χ0n) is 17.9. The van der Waals surface area contributed by atoms with Crippen LogP contribution in [0.1, 0.15) is 11.3 Å². The number of pyridine rings is 1. The van der Waals surface area contributed by atoms with Crippen molar-refractivity contribution in [1.29, 1.82) is 0 Å². The first-order chi connectivity index (χ1) is 17.0. The monoisotopic (exact) mass is 504 g/mol. The van der Waals surface area contributed by atoms with Crippen LogP contribution in [0.3, 0.4) is 0 Å². The fourth-order valence-corrected chi connectivity index (χ4v) is 3.33. The minimum absolute atomic E-state index is 0.0595. The van der Waals surface area contributed by atoms with Gasteiger partial charge < -0.3 is 20.0 Å². The van der Waals surface area contributed by atoms with E-state index < -0.39 is 23.6 Å². The van der Waals surface area contributed by atoms with Gasteiger partial charge in [-0.25, -0.2) is 9.97 Å². The van der Waals surface area contributed by atoms with Gasteiger partial charge in [0.15, 0.2) is 5.82 Å². The van der Waals surface area contributed by atoms with Crippen molar-refractivity contribution in [3.8, 4) is 23.0 Å². The van der Waals surface area contributed by atoms with Crippen molar-refractivity contribution < 1.29 is 31.1 Å². The average molecular weight is 504 g/mol. The summed E-state index contributed by atoms with van der Waals surface area (Å²) in [4.78, 5) is 17.3. The summed E-state index contributed by atoms with van der Waals surface area (Å²) in [6.07, 6.45) is -6.92. The number of aromatic amines is 2. The molecule has 3 aromatic heterocycles. The van der Waals surface area contributed by atoms with Crippen molar-refractivity contribution in [3.63, 3.8) is 0 Å². The van der Waals surface area contributed by atoms with E-state index in [1.807, 2.05) is 0 Å². The number of nitrogens with zero attached hydrogens (tertiary/aromatic N) is 3. The largest absolute Gasteiger partial charge is 0.457 e. The Balaban J connectivity index is 1.32. The molecule has 0 spiro atoms. The lowest BCUT2D eigenvalue weighted by molar-refractivity contribution is -0.141. The van der Waals surface area contributed by atoms with Gasteiger partial charge in [-0.3, -0.25) is 4.98 Å². The molecular formula is C23H14F6N6O. The van der Waals surface area contributed by atoms with E-state index in [4.69, 9.17) is 4.74 Å². The predicted molar refractivity (Wildman–Crippen MR) is 118 cm³/mol. The van der Waals surface area contributed by atoms with Crippen LogP contribution >= 0.6 is 0 Å². The molecule has 3 N–H and O–H groups in total. The van der Waals surface area contributed by atoms with E-state index in [2.05, 4.69) is 30.2 Å². The summed E-state index contributed by atoms with van der Waals surface area (Å²) in [7, 11) is 0. The number of hydrogen-bond donors (Lipinski definition) is 3. The molecule has 0 radical (unpaired) electrons. The molecule has 5 aromatic rings. The lowest BCUT2D eigenvalue weighted by Crippen LogP contribution is -2.04. The van der Waals surface area contributed by atoms with E-state index in [0.29, 0.717) is 40.4 Å². The number of aromatic nitrogens is 5. The summed E-state index contributed by atoms with van der Waals surface area (Å²) >= 11 is 0. The molecule has 0 aliphatic heterocycles. The van der Waals surface area contributed by atoms with Crippen LogP contribution < -0.4 is 10.1 Å². The molecule has 0 amide bonds. The molecule has 36 heavy (non-hydrogen) atoms. The standard InChI is InChI=1S/C23H14F6N6O/c24-22(25,26)12-1-3-13(4-2-12)32-21-33-16-6-5-14(9-17(16)34-21)36-15-7-8-30-18(10-15)20-31-11-19(35-20)23(27,28)29/h1-11H,(H,31,35)(H2,32,33,34). The van der Waals surface area contributed by atoms with Gasteiger partial charge in [0.05, 0.1) is 22.8 Å². The smallest absolute Gasteiger partial charge is 0.432 e. The minimum Gasteiger partial charge on any atom is -0.457 e. The molecule has 7 nitrogen and oxygen atoms in total. The van der Waals surface area contributed by atoms with Gasteiger partial charge in [0.25, 0.3) is 0 Å². The summed E-state index contributed by atoms with van der Waals surface area (Å²) in [6, 6.07) is 12.4. The second-order valence-electron chi connectivity index (χ2n) is 7.59. The van der Waals surface area contributed by atoms with E-state index >= 15 is 0 Å². The number of ether oxygens (including phenoxy) is 1. The molecule has 2 aromatic carbocycles. The van der Waals surface area contributed by atoms with Crippen molar-refractivity contribution in [2.45, 2.75) is 12.4 Å². The van der Waals surface area contributed by atoms with Gasteiger partial charge in [-0.1, -0.05) is 0 Å². The quantitative estimate of drug-likeness (QED) is 0.226. The summed E-state index contributed by atoms with van der Waals surface area (Å²) in [5, 5.41) is 2.91. The number of alkyl halides is 6. The maximum atomic E-state index is 12.8. The number of halogens is 6. The molecule has 0 aliphatic rings. The number of fused-ring (bicyclic) bond motifs is 1. The van der Waals surface area contributed by atoms with E-state index in [1.165, 1.54) is 30.5 Å². The maximum Gasteiger partial charge on any atom is 0.432 e. The Hall–Kier alpha value is -4.55. The number of imidazole rings is 2. The van der Waals surface area contributed by atoms with Crippen molar-refractivity contribution in [3.05, 3.63) is 78.2 Å². The van der Waals surface area contributed by atoms with Crippen LogP contribution in [0.2, 0.25) is 0 Å².